The summed E-state index contributed by atoms with van der Waals surface area (Å²) in [7, 11) is 0. The van der Waals surface area contributed by atoms with Gasteiger partial charge in [0.1, 0.15) is 0 Å². The molecule has 544 valence electrons. The summed E-state index contributed by atoms with van der Waals surface area (Å²) in [5.41, 5.74) is 0. The second-order valence-corrected chi connectivity index (χ2v) is 29.2. The normalized spacial score (nSPS) is 12.6. The SMILES string of the molecule is CCCCCC/C=C\C/C=C\CCCCCCCCCC(=O)OCCCCCCCCCCCCCCCCCCCCCCCCCCCCCCCCCCCC(=O)NC(CO)C(O)/C=C/CCCCCCCCCCCCCCCCCCCCCCCC. The number of allylic oxidation sites excluding steroid dienone is 5. The van der Waals surface area contributed by atoms with E-state index >= 15 is 0 Å². The highest BCUT2D eigenvalue weighted by Gasteiger charge is 2.18. The molecular formula is C86H165NO5. The molecule has 3 N–H and O–H groups in total. The number of amides is 1. The molecular weight excluding hydrogens is 1130 g/mol. The highest BCUT2D eigenvalue weighted by atomic mass is 16.5. The van der Waals surface area contributed by atoms with Crippen LogP contribution in [-0.4, -0.2) is 47.4 Å². The molecule has 0 aliphatic rings. The zero-order valence-electron chi connectivity index (χ0n) is 62.6. The Morgan fingerprint density at radius 1 is 0.304 bits per heavy atom. The zero-order valence-corrected chi connectivity index (χ0v) is 62.6. The van der Waals surface area contributed by atoms with Crippen LogP contribution in [-0.2, 0) is 14.3 Å². The van der Waals surface area contributed by atoms with E-state index in [9.17, 15) is 19.8 Å². The van der Waals surface area contributed by atoms with Gasteiger partial charge in [0, 0.05) is 12.8 Å². The standard InChI is InChI=1S/C86H165NO5/c1-3-5-7-9-11-13-15-17-19-21-23-24-25-37-40-43-46-50-54-58-62-66-70-74-78-84(89)83(82-88)87-85(90)79-75-71-67-63-59-55-51-47-44-41-38-35-33-31-29-27-26-28-30-32-34-36-39-42-45-49-53-57-61-65-69-73-77-81-92-86(91)80-76-72-68-64-60-56-52-48-22-20-18-16-14-12-10-8-6-4-2/h14,16,20,22,74,78,83-84,88-89H,3-13,15,17-19,21,23-73,75-77,79-82H2,1-2H3,(H,87,90)/b16-14-,22-20-,78-74+. The Labute approximate surface area is 576 Å². The molecule has 2 unspecified atom stereocenters. The lowest BCUT2D eigenvalue weighted by molar-refractivity contribution is -0.143. The summed E-state index contributed by atoms with van der Waals surface area (Å²) in [5.74, 6) is -0.0428. The fourth-order valence-corrected chi connectivity index (χ4v) is 13.5. The van der Waals surface area contributed by atoms with Crippen LogP contribution in [0.3, 0.4) is 0 Å². The first-order valence-corrected chi connectivity index (χ1v) is 42.3. The lowest BCUT2D eigenvalue weighted by atomic mass is 10.0. The number of rotatable bonds is 80. The minimum atomic E-state index is -0.843. The van der Waals surface area contributed by atoms with Gasteiger partial charge in [0.2, 0.25) is 5.91 Å². The summed E-state index contributed by atoms with van der Waals surface area (Å²) in [6.07, 6.45) is 107. The van der Waals surface area contributed by atoms with Crippen LogP contribution >= 0.6 is 0 Å². The van der Waals surface area contributed by atoms with E-state index in [0.29, 0.717) is 19.4 Å². The number of hydrogen-bond acceptors (Lipinski definition) is 5. The zero-order chi connectivity index (χ0) is 66.3. The van der Waals surface area contributed by atoms with E-state index in [1.54, 1.807) is 6.08 Å². The van der Waals surface area contributed by atoms with Crippen molar-refractivity contribution in [1.29, 1.82) is 0 Å². The Balaban J connectivity index is 3.34. The molecule has 2 atom stereocenters. The molecule has 0 aromatic heterocycles. The molecule has 0 saturated carbocycles. The maximum atomic E-state index is 12.6. The van der Waals surface area contributed by atoms with Crippen molar-refractivity contribution in [3.63, 3.8) is 0 Å². The molecule has 6 nitrogen and oxygen atoms in total. The van der Waals surface area contributed by atoms with Gasteiger partial charge in [-0.1, -0.05) is 436 Å². The van der Waals surface area contributed by atoms with Gasteiger partial charge in [0.25, 0.3) is 0 Å². The predicted octanol–water partition coefficient (Wildman–Crippen LogP) is 28.2. The van der Waals surface area contributed by atoms with Crippen LogP contribution in [0.25, 0.3) is 0 Å². The lowest BCUT2D eigenvalue weighted by Crippen LogP contribution is -2.45. The third-order valence-corrected chi connectivity index (χ3v) is 19.9. The molecule has 92 heavy (non-hydrogen) atoms. The van der Waals surface area contributed by atoms with Gasteiger partial charge in [-0.2, -0.15) is 0 Å². The Bertz CT molecular complexity index is 1490. The summed E-state index contributed by atoms with van der Waals surface area (Å²) < 4.78 is 5.51. The summed E-state index contributed by atoms with van der Waals surface area (Å²) >= 11 is 0. The second-order valence-electron chi connectivity index (χ2n) is 29.2. The van der Waals surface area contributed by atoms with Crippen LogP contribution in [0.15, 0.2) is 36.5 Å². The maximum Gasteiger partial charge on any atom is 0.305 e. The Morgan fingerprint density at radius 2 is 0.543 bits per heavy atom. The van der Waals surface area contributed by atoms with Crippen molar-refractivity contribution in [2.24, 2.45) is 0 Å². The summed E-state index contributed by atoms with van der Waals surface area (Å²) in [4.78, 5) is 24.7. The number of aliphatic hydroxyl groups is 2. The minimum absolute atomic E-state index is 0.0150. The van der Waals surface area contributed by atoms with Crippen molar-refractivity contribution in [2.75, 3.05) is 13.2 Å². The van der Waals surface area contributed by atoms with Crippen LogP contribution in [0.5, 0.6) is 0 Å². The molecule has 0 radical (unpaired) electrons. The Kier molecular flexibility index (Phi) is 79.8. The molecule has 0 bridgehead atoms. The largest absolute Gasteiger partial charge is 0.466 e. The van der Waals surface area contributed by atoms with Gasteiger partial charge in [-0.05, 0) is 64.2 Å². The third kappa shape index (κ3) is 77.1. The van der Waals surface area contributed by atoms with E-state index in [0.717, 1.165) is 51.4 Å². The molecule has 0 saturated heterocycles. The van der Waals surface area contributed by atoms with E-state index in [-0.39, 0.29) is 18.5 Å². The number of carbonyl (C=O) groups excluding carboxylic acids is 2. The van der Waals surface area contributed by atoms with E-state index in [2.05, 4.69) is 43.5 Å². The van der Waals surface area contributed by atoms with E-state index in [1.807, 2.05) is 6.08 Å². The minimum Gasteiger partial charge on any atom is -0.466 e. The van der Waals surface area contributed by atoms with Crippen LogP contribution in [0.2, 0.25) is 0 Å². The first-order valence-electron chi connectivity index (χ1n) is 42.3. The number of esters is 1. The predicted molar refractivity (Wildman–Crippen MR) is 407 cm³/mol. The van der Waals surface area contributed by atoms with Crippen LogP contribution < -0.4 is 5.32 Å². The highest BCUT2D eigenvalue weighted by Crippen LogP contribution is 2.20. The Hall–Kier alpha value is -1.92. The van der Waals surface area contributed by atoms with Gasteiger partial charge < -0.3 is 20.3 Å². The number of nitrogens with one attached hydrogen (secondary N) is 1. The van der Waals surface area contributed by atoms with Crippen molar-refractivity contribution >= 4 is 11.9 Å². The van der Waals surface area contributed by atoms with Gasteiger partial charge in [0.15, 0.2) is 0 Å². The second kappa shape index (κ2) is 81.5. The smallest absolute Gasteiger partial charge is 0.305 e. The molecule has 1 amide bonds. The average Bonchev–Trinajstić information content (AvgIpc) is 3.77. The lowest BCUT2D eigenvalue weighted by Gasteiger charge is -2.20. The summed E-state index contributed by atoms with van der Waals surface area (Å²) in [6.45, 7) is 4.94. The van der Waals surface area contributed by atoms with Crippen LogP contribution in [0.4, 0.5) is 0 Å². The van der Waals surface area contributed by atoms with E-state index in [1.165, 1.54) is 398 Å². The molecule has 0 aliphatic carbocycles. The quantitative estimate of drug-likeness (QED) is 0.0320. The molecule has 0 heterocycles. The van der Waals surface area contributed by atoms with Gasteiger partial charge >= 0.3 is 5.97 Å². The van der Waals surface area contributed by atoms with Gasteiger partial charge in [0.05, 0.1) is 25.4 Å². The third-order valence-electron chi connectivity index (χ3n) is 19.9. The Morgan fingerprint density at radius 3 is 0.837 bits per heavy atom. The first-order chi connectivity index (χ1) is 45.5. The van der Waals surface area contributed by atoms with Crippen molar-refractivity contribution in [3.8, 4) is 0 Å². The number of carbonyl (C=O) groups is 2. The fourth-order valence-electron chi connectivity index (χ4n) is 13.5. The summed E-state index contributed by atoms with van der Waals surface area (Å²) in [5, 5.41) is 23.3. The molecule has 0 spiro atoms. The maximum absolute atomic E-state index is 12.6. The average molecular weight is 1290 g/mol. The van der Waals surface area contributed by atoms with Crippen molar-refractivity contribution in [3.05, 3.63) is 36.5 Å². The van der Waals surface area contributed by atoms with Crippen molar-refractivity contribution in [2.45, 2.75) is 488 Å². The van der Waals surface area contributed by atoms with Crippen LogP contribution in [0.1, 0.15) is 476 Å². The molecule has 0 aromatic carbocycles. The van der Waals surface area contributed by atoms with Gasteiger partial charge in [-0.25, -0.2) is 0 Å². The number of unbranched alkanes of at least 4 members (excludes halogenated alkanes) is 65. The topological polar surface area (TPSA) is 95.9 Å². The molecule has 0 aromatic rings. The number of hydrogen-bond donors (Lipinski definition) is 3. The van der Waals surface area contributed by atoms with E-state index in [4.69, 9.17) is 4.74 Å². The van der Waals surface area contributed by atoms with E-state index < -0.39 is 12.1 Å². The molecule has 0 aliphatic heterocycles. The molecule has 0 rings (SSSR count). The molecule has 6 heteroatoms. The van der Waals surface area contributed by atoms with Crippen molar-refractivity contribution < 1.29 is 24.5 Å². The van der Waals surface area contributed by atoms with Gasteiger partial charge in [-0.3, -0.25) is 9.59 Å². The highest BCUT2D eigenvalue weighted by molar-refractivity contribution is 5.76. The number of ether oxygens (including phenoxy) is 1. The first kappa shape index (κ1) is 90.1. The fraction of sp³-hybridized carbons (Fsp3) is 0.907. The van der Waals surface area contributed by atoms with Crippen LogP contribution in [0, 0.1) is 0 Å². The monoisotopic (exact) mass is 1290 g/mol. The van der Waals surface area contributed by atoms with Crippen molar-refractivity contribution in [1.82, 2.24) is 5.32 Å². The molecule has 0 fully saturated rings. The summed E-state index contributed by atoms with van der Waals surface area (Å²) in [6, 6.07) is -0.626. The van der Waals surface area contributed by atoms with Gasteiger partial charge in [-0.15, -0.1) is 0 Å². The number of aliphatic hydroxyl groups excluding tert-OH is 2.